The molecular formula is C17H18N2O5S. The minimum atomic E-state index is -3.09. The minimum absolute atomic E-state index is 0.0526. The largest absolute Gasteiger partial charge is 0.459 e. The summed E-state index contributed by atoms with van der Waals surface area (Å²) in [6, 6.07) is 9.51. The Bertz CT molecular complexity index is 888. The summed E-state index contributed by atoms with van der Waals surface area (Å²) in [6.45, 7) is 1.73. The van der Waals surface area contributed by atoms with Crippen LogP contribution in [0.25, 0.3) is 0 Å². The fraction of sp³-hybridized carbons (Fsp3) is 0.294. The molecule has 2 N–H and O–H groups in total. The van der Waals surface area contributed by atoms with E-state index in [9.17, 15) is 18.0 Å². The fourth-order valence-corrected chi connectivity index (χ4v) is 4.85. The van der Waals surface area contributed by atoms with E-state index in [0.29, 0.717) is 17.7 Å². The Morgan fingerprint density at radius 3 is 2.40 bits per heavy atom. The Hall–Kier alpha value is -2.61. The van der Waals surface area contributed by atoms with Gasteiger partial charge in [-0.25, -0.2) is 8.42 Å². The monoisotopic (exact) mass is 362 g/mol. The second kappa shape index (κ2) is 6.36. The SMILES string of the molecule is CC1(NC(=O)c2ccc(NC(=O)c3ccco3)cc2)CCS(=O)(=O)C1. The maximum absolute atomic E-state index is 12.3. The molecule has 0 saturated carbocycles. The smallest absolute Gasteiger partial charge is 0.291 e. The van der Waals surface area contributed by atoms with Gasteiger partial charge in [0.25, 0.3) is 11.8 Å². The Kier molecular flexibility index (Phi) is 4.38. The van der Waals surface area contributed by atoms with Crippen LogP contribution in [0.2, 0.25) is 0 Å². The van der Waals surface area contributed by atoms with Gasteiger partial charge in [0.2, 0.25) is 0 Å². The number of hydrogen-bond acceptors (Lipinski definition) is 5. The van der Waals surface area contributed by atoms with Gasteiger partial charge in [0.1, 0.15) is 0 Å². The van der Waals surface area contributed by atoms with Gasteiger partial charge in [-0.3, -0.25) is 9.59 Å². The van der Waals surface area contributed by atoms with Crippen LogP contribution in [0.5, 0.6) is 0 Å². The van der Waals surface area contributed by atoms with Crippen LogP contribution in [0.1, 0.15) is 34.3 Å². The average molecular weight is 362 g/mol. The maximum atomic E-state index is 12.3. The highest BCUT2D eigenvalue weighted by atomic mass is 32.2. The number of carbonyl (C=O) groups excluding carboxylic acids is 2. The Morgan fingerprint density at radius 1 is 1.12 bits per heavy atom. The highest BCUT2D eigenvalue weighted by Crippen LogP contribution is 2.23. The maximum Gasteiger partial charge on any atom is 0.291 e. The molecule has 1 aromatic carbocycles. The summed E-state index contributed by atoms with van der Waals surface area (Å²) >= 11 is 0. The molecule has 2 heterocycles. The number of nitrogens with one attached hydrogen (secondary N) is 2. The van der Waals surface area contributed by atoms with Crippen LogP contribution in [0, 0.1) is 0 Å². The van der Waals surface area contributed by atoms with Gasteiger partial charge in [0.05, 0.1) is 23.3 Å². The Labute approximate surface area is 145 Å². The quantitative estimate of drug-likeness (QED) is 0.863. The van der Waals surface area contributed by atoms with Crippen molar-refractivity contribution in [3.05, 3.63) is 54.0 Å². The van der Waals surface area contributed by atoms with E-state index in [4.69, 9.17) is 4.42 Å². The lowest BCUT2D eigenvalue weighted by molar-refractivity contribution is 0.0915. The number of carbonyl (C=O) groups is 2. The van der Waals surface area contributed by atoms with Crippen LogP contribution in [0.3, 0.4) is 0 Å². The van der Waals surface area contributed by atoms with Crippen LogP contribution in [0.15, 0.2) is 47.1 Å². The van der Waals surface area contributed by atoms with Crippen molar-refractivity contribution in [2.24, 2.45) is 0 Å². The molecule has 1 atom stereocenters. The first-order chi connectivity index (χ1) is 11.8. The number of benzene rings is 1. The molecule has 2 amide bonds. The summed E-state index contributed by atoms with van der Waals surface area (Å²) in [5.41, 5.74) is 0.163. The first-order valence-electron chi connectivity index (χ1n) is 7.74. The molecule has 1 fully saturated rings. The Balaban J connectivity index is 1.64. The summed E-state index contributed by atoms with van der Waals surface area (Å²) in [6.07, 6.45) is 1.81. The molecule has 1 saturated heterocycles. The second-order valence-corrected chi connectivity index (χ2v) is 8.55. The van der Waals surface area contributed by atoms with Crippen LogP contribution < -0.4 is 10.6 Å². The minimum Gasteiger partial charge on any atom is -0.459 e. The second-order valence-electron chi connectivity index (χ2n) is 6.37. The van der Waals surface area contributed by atoms with Crippen molar-refractivity contribution in [3.63, 3.8) is 0 Å². The molecule has 0 bridgehead atoms. The summed E-state index contributed by atoms with van der Waals surface area (Å²) in [7, 11) is -3.09. The van der Waals surface area contributed by atoms with Crippen molar-refractivity contribution >= 4 is 27.3 Å². The molecule has 2 aromatic rings. The van der Waals surface area contributed by atoms with Crippen molar-refractivity contribution in [2.45, 2.75) is 18.9 Å². The third kappa shape index (κ3) is 4.08. The summed E-state index contributed by atoms with van der Waals surface area (Å²) in [5, 5.41) is 5.45. The number of rotatable bonds is 4. The molecular weight excluding hydrogens is 344 g/mol. The topological polar surface area (TPSA) is 105 Å². The lowest BCUT2D eigenvalue weighted by Crippen LogP contribution is -2.46. The van der Waals surface area contributed by atoms with Gasteiger partial charge in [-0.1, -0.05) is 0 Å². The first-order valence-corrected chi connectivity index (χ1v) is 9.56. The van der Waals surface area contributed by atoms with Crippen LogP contribution >= 0.6 is 0 Å². The zero-order chi connectivity index (χ0) is 18.1. The predicted octanol–water partition coefficient (Wildman–Crippen LogP) is 1.84. The average Bonchev–Trinajstić information content (AvgIpc) is 3.16. The van der Waals surface area contributed by atoms with Gasteiger partial charge in [0, 0.05) is 11.3 Å². The fourth-order valence-electron chi connectivity index (χ4n) is 2.76. The van der Waals surface area contributed by atoms with E-state index in [1.165, 1.54) is 6.26 Å². The molecule has 132 valence electrons. The number of sulfone groups is 1. The summed E-state index contributed by atoms with van der Waals surface area (Å²) < 4.78 is 28.2. The molecule has 0 spiro atoms. The van der Waals surface area contributed by atoms with Gasteiger partial charge in [-0.2, -0.15) is 0 Å². The van der Waals surface area contributed by atoms with E-state index in [0.717, 1.165) is 0 Å². The van der Waals surface area contributed by atoms with Gasteiger partial charge >= 0.3 is 0 Å². The number of amides is 2. The van der Waals surface area contributed by atoms with Crippen molar-refractivity contribution in [1.29, 1.82) is 0 Å². The lowest BCUT2D eigenvalue weighted by atomic mass is 10.0. The third-order valence-electron chi connectivity index (χ3n) is 4.07. The lowest BCUT2D eigenvalue weighted by Gasteiger charge is -2.23. The van der Waals surface area contributed by atoms with Crippen molar-refractivity contribution in [2.75, 3.05) is 16.8 Å². The molecule has 7 nitrogen and oxygen atoms in total. The molecule has 0 radical (unpaired) electrons. The Morgan fingerprint density at radius 2 is 1.84 bits per heavy atom. The number of furan rings is 1. The van der Waals surface area contributed by atoms with Crippen molar-refractivity contribution in [1.82, 2.24) is 5.32 Å². The molecule has 1 aliphatic heterocycles. The molecule has 3 rings (SSSR count). The van der Waals surface area contributed by atoms with E-state index in [2.05, 4.69) is 10.6 Å². The molecule has 25 heavy (non-hydrogen) atoms. The first kappa shape index (κ1) is 17.2. The molecule has 1 unspecified atom stereocenters. The highest BCUT2D eigenvalue weighted by Gasteiger charge is 2.39. The predicted molar refractivity (Wildman–Crippen MR) is 92.2 cm³/mol. The van der Waals surface area contributed by atoms with E-state index < -0.39 is 15.4 Å². The summed E-state index contributed by atoms with van der Waals surface area (Å²) in [5.74, 6) is -0.503. The van der Waals surface area contributed by atoms with E-state index in [-0.39, 0.29) is 29.1 Å². The number of hydrogen-bond donors (Lipinski definition) is 2. The van der Waals surface area contributed by atoms with Gasteiger partial charge in [-0.05, 0) is 49.7 Å². The van der Waals surface area contributed by atoms with E-state index >= 15 is 0 Å². The molecule has 1 aromatic heterocycles. The summed E-state index contributed by atoms with van der Waals surface area (Å²) in [4.78, 5) is 24.2. The van der Waals surface area contributed by atoms with Gasteiger partial charge in [-0.15, -0.1) is 0 Å². The van der Waals surface area contributed by atoms with E-state index in [1.807, 2.05) is 0 Å². The van der Waals surface area contributed by atoms with Crippen molar-refractivity contribution in [3.8, 4) is 0 Å². The van der Waals surface area contributed by atoms with E-state index in [1.54, 1.807) is 43.3 Å². The molecule has 0 aliphatic carbocycles. The normalized spacial score (nSPS) is 21.6. The number of anilines is 1. The zero-order valence-electron chi connectivity index (χ0n) is 13.6. The van der Waals surface area contributed by atoms with Crippen LogP contribution in [0.4, 0.5) is 5.69 Å². The van der Waals surface area contributed by atoms with Gasteiger partial charge in [0.15, 0.2) is 15.6 Å². The standard InChI is InChI=1S/C17H18N2O5S/c1-17(8-10-25(22,23)11-17)19-15(20)12-4-6-13(7-5-12)18-16(21)14-3-2-9-24-14/h2-7,9H,8,10-11H2,1H3,(H,18,21)(H,19,20). The van der Waals surface area contributed by atoms with Crippen LogP contribution in [-0.4, -0.2) is 37.3 Å². The highest BCUT2D eigenvalue weighted by molar-refractivity contribution is 7.91. The third-order valence-corrected chi connectivity index (χ3v) is 5.97. The van der Waals surface area contributed by atoms with Gasteiger partial charge < -0.3 is 15.1 Å². The zero-order valence-corrected chi connectivity index (χ0v) is 14.4. The molecule has 1 aliphatic rings. The molecule has 8 heteroatoms. The van der Waals surface area contributed by atoms with Crippen molar-refractivity contribution < 1.29 is 22.4 Å². The van der Waals surface area contributed by atoms with Crippen LogP contribution in [-0.2, 0) is 9.84 Å².